The molecular formula is C9H9BrF3N3O. The molecule has 0 fully saturated rings. The largest absolute Gasteiger partial charge is 0.419 e. The molecule has 1 amide bonds. The zero-order chi connectivity index (χ0) is 13.1. The number of pyridine rings is 1. The van der Waals surface area contributed by atoms with Crippen molar-refractivity contribution in [1.82, 2.24) is 4.98 Å². The van der Waals surface area contributed by atoms with Crippen molar-refractivity contribution < 1.29 is 18.0 Å². The maximum absolute atomic E-state index is 12.6. The number of anilines is 1. The Balaban J connectivity index is 2.87. The van der Waals surface area contributed by atoms with Crippen molar-refractivity contribution in [2.24, 2.45) is 5.73 Å². The molecular weight excluding hydrogens is 303 g/mol. The van der Waals surface area contributed by atoms with Gasteiger partial charge in [0.15, 0.2) is 0 Å². The highest BCUT2D eigenvalue weighted by molar-refractivity contribution is 9.10. The van der Waals surface area contributed by atoms with Gasteiger partial charge >= 0.3 is 6.18 Å². The van der Waals surface area contributed by atoms with Gasteiger partial charge in [-0.3, -0.25) is 4.79 Å². The van der Waals surface area contributed by atoms with Crippen LogP contribution >= 0.6 is 15.9 Å². The molecule has 8 heteroatoms. The molecule has 0 spiro atoms. The SMILES string of the molecule is NC(=O)CCNc1ncc(Br)cc1C(F)(F)F. The van der Waals surface area contributed by atoms with Crippen LogP contribution in [0.2, 0.25) is 0 Å². The molecule has 4 nitrogen and oxygen atoms in total. The maximum atomic E-state index is 12.6. The average molecular weight is 312 g/mol. The quantitative estimate of drug-likeness (QED) is 0.895. The molecule has 0 bridgehead atoms. The van der Waals surface area contributed by atoms with Crippen molar-refractivity contribution in [3.63, 3.8) is 0 Å². The first-order chi connectivity index (χ1) is 7.80. The molecule has 94 valence electrons. The number of carbonyl (C=O) groups excluding carboxylic acids is 1. The van der Waals surface area contributed by atoms with Gasteiger partial charge in [-0.2, -0.15) is 13.2 Å². The van der Waals surface area contributed by atoms with E-state index in [-0.39, 0.29) is 23.3 Å². The van der Waals surface area contributed by atoms with Gasteiger partial charge in [0.25, 0.3) is 0 Å². The number of alkyl halides is 3. The van der Waals surface area contributed by atoms with Crippen LogP contribution in [0.3, 0.4) is 0 Å². The lowest BCUT2D eigenvalue weighted by Crippen LogP contribution is -2.18. The van der Waals surface area contributed by atoms with Crippen LogP contribution in [0.5, 0.6) is 0 Å². The van der Waals surface area contributed by atoms with Gasteiger partial charge in [-0.1, -0.05) is 0 Å². The number of aromatic nitrogens is 1. The first-order valence-electron chi connectivity index (χ1n) is 4.55. The summed E-state index contributed by atoms with van der Waals surface area (Å²) in [5, 5.41) is 2.43. The van der Waals surface area contributed by atoms with Crippen LogP contribution in [0.4, 0.5) is 19.0 Å². The van der Waals surface area contributed by atoms with Gasteiger partial charge < -0.3 is 11.1 Å². The van der Waals surface area contributed by atoms with Crippen molar-refractivity contribution >= 4 is 27.7 Å². The summed E-state index contributed by atoms with van der Waals surface area (Å²) in [5.74, 6) is -0.912. The molecule has 1 aromatic heterocycles. The van der Waals surface area contributed by atoms with E-state index in [1.54, 1.807) is 0 Å². The minimum Gasteiger partial charge on any atom is -0.370 e. The lowest BCUT2D eigenvalue weighted by molar-refractivity contribution is -0.137. The molecule has 0 saturated heterocycles. The van der Waals surface area contributed by atoms with E-state index in [0.29, 0.717) is 0 Å². The first kappa shape index (κ1) is 13.8. The normalized spacial score (nSPS) is 11.3. The Labute approximate surface area is 104 Å². The molecule has 0 aromatic carbocycles. The minimum atomic E-state index is -4.51. The molecule has 1 rings (SSSR count). The predicted octanol–water partition coefficient (Wildman–Crippen LogP) is 2.15. The third-order valence-electron chi connectivity index (χ3n) is 1.82. The van der Waals surface area contributed by atoms with E-state index in [1.165, 1.54) is 6.20 Å². The number of amides is 1. The number of halogens is 4. The smallest absolute Gasteiger partial charge is 0.370 e. The van der Waals surface area contributed by atoms with E-state index in [9.17, 15) is 18.0 Å². The van der Waals surface area contributed by atoms with Crippen molar-refractivity contribution in [2.75, 3.05) is 11.9 Å². The number of rotatable bonds is 4. The topological polar surface area (TPSA) is 68.0 Å². The Bertz CT molecular complexity index is 422. The summed E-state index contributed by atoms with van der Waals surface area (Å²) in [6.07, 6.45) is -3.33. The number of hydrogen-bond donors (Lipinski definition) is 2. The van der Waals surface area contributed by atoms with Crippen LogP contribution in [0.25, 0.3) is 0 Å². The Hall–Kier alpha value is -1.31. The Morgan fingerprint density at radius 3 is 2.71 bits per heavy atom. The van der Waals surface area contributed by atoms with E-state index in [4.69, 9.17) is 5.73 Å². The molecule has 17 heavy (non-hydrogen) atoms. The second-order valence-electron chi connectivity index (χ2n) is 3.19. The van der Waals surface area contributed by atoms with E-state index in [0.717, 1.165) is 6.07 Å². The van der Waals surface area contributed by atoms with Crippen molar-refractivity contribution in [3.8, 4) is 0 Å². The van der Waals surface area contributed by atoms with E-state index in [1.807, 2.05) is 0 Å². The Morgan fingerprint density at radius 1 is 1.53 bits per heavy atom. The maximum Gasteiger partial charge on any atom is 0.419 e. The number of nitrogens with one attached hydrogen (secondary N) is 1. The molecule has 0 aliphatic heterocycles. The van der Waals surface area contributed by atoms with E-state index < -0.39 is 17.6 Å². The third-order valence-corrected chi connectivity index (χ3v) is 2.26. The lowest BCUT2D eigenvalue weighted by Gasteiger charge is -2.13. The summed E-state index contributed by atoms with van der Waals surface area (Å²) in [5.41, 5.74) is 3.98. The van der Waals surface area contributed by atoms with Crippen LogP contribution in [0.15, 0.2) is 16.7 Å². The highest BCUT2D eigenvalue weighted by Crippen LogP contribution is 2.35. The summed E-state index contributed by atoms with van der Waals surface area (Å²) in [6, 6.07) is 0.916. The van der Waals surface area contributed by atoms with Crippen LogP contribution in [-0.4, -0.2) is 17.4 Å². The molecule has 0 unspecified atom stereocenters. The second kappa shape index (κ2) is 5.35. The minimum absolute atomic E-state index is 0.00699. The Morgan fingerprint density at radius 2 is 2.18 bits per heavy atom. The molecule has 1 heterocycles. The van der Waals surface area contributed by atoms with Gasteiger partial charge in [-0.05, 0) is 22.0 Å². The standard InChI is InChI=1S/C9H9BrF3N3O/c10-5-3-6(9(11,12)13)8(16-4-5)15-2-1-7(14)17/h3-4H,1-2H2,(H2,14,17)(H,15,16). The number of nitrogens with two attached hydrogens (primary N) is 1. The number of carbonyl (C=O) groups is 1. The average Bonchev–Trinajstić information content (AvgIpc) is 2.18. The van der Waals surface area contributed by atoms with Gasteiger partial charge in [0.2, 0.25) is 5.91 Å². The molecule has 0 aliphatic rings. The molecule has 3 N–H and O–H groups in total. The number of nitrogens with zero attached hydrogens (tertiary/aromatic N) is 1. The van der Waals surface area contributed by atoms with E-state index in [2.05, 4.69) is 26.2 Å². The number of hydrogen-bond acceptors (Lipinski definition) is 3. The Kier molecular flexibility index (Phi) is 4.33. The summed E-state index contributed by atoms with van der Waals surface area (Å²) in [6.45, 7) is 0.00699. The van der Waals surface area contributed by atoms with E-state index >= 15 is 0 Å². The van der Waals surface area contributed by atoms with Crippen LogP contribution < -0.4 is 11.1 Å². The fourth-order valence-corrected chi connectivity index (χ4v) is 1.43. The van der Waals surface area contributed by atoms with Crippen LogP contribution in [-0.2, 0) is 11.0 Å². The summed E-state index contributed by atoms with van der Waals surface area (Å²) >= 11 is 2.92. The molecule has 0 radical (unpaired) electrons. The fourth-order valence-electron chi connectivity index (χ4n) is 1.10. The predicted molar refractivity (Wildman–Crippen MR) is 59.2 cm³/mol. The summed E-state index contributed by atoms with van der Waals surface area (Å²) in [4.78, 5) is 14.1. The molecule has 1 aromatic rings. The van der Waals surface area contributed by atoms with Crippen molar-refractivity contribution in [2.45, 2.75) is 12.6 Å². The highest BCUT2D eigenvalue weighted by atomic mass is 79.9. The molecule has 0 saturated carbocycles. The first-order valence-corrected chi connectivity index (χ1v) is 5.35. The third kappa shape index (κ3) is 4.22. The zero-order valence-corrected chi connectivity index (χ0v) is 10.1. The van der Waals surface area contributed by atoms with Gasteiger partial charge in [-0.25, -0.2) is 4.98 Å². The monoisotopic (exact) mass is 311 g/mol. The number of primary amides is 1. The van der Waals surface area contributed by atoms with Gasteiger partial charge in [0.05, 0.1) is 5.56 Å². The van der Waals surface area contributed by atoms with Gasteiger partial charge in [0, 0.05) is 23.6 Å². The molecule has 0 atom stereocenters. The van der Waals surface area contributed by atoms with Crippen molar-refractivity contribution in [1.29, 1.82) is 0 Å². The second-order valence-corrected chi connectivity index (χ2v) is 4.11. The summed E-state index contributed by atoms with van der Waals surface area (Å²) < 4.78 is 38.1. The van der Waals surface area contributed by atoms with Crippen LogP contribution in [0.1, 0.15) is 12.0 Å². The summed E-state index contributed by atoms with van der Waals surface area (Å²) in [7, 11) is 0. The van der Waals surface area contributed by atoms with Crippen LogP contribution in [0, 0.1) is 0 Å². The zero-order valence-electron chi connectivity index (χ0n) is 8.51. The highest BCUT2D eigenvalue weighted by Gasteiger charge is 2.34. The molecule has 0 aliphatic carbocycles. The van der Waals surface area contributed by atoms with Crippen molar-refractivity contribution in [3.05, 3.63) is 22.3 Å². The van der Waals surface area contributed by atoms with Gasteiger partial charge in [0.1, 0.15) is 5.82 Å². The van der Waals surface area contributed by atoms with Gasteiger partial charge in [-0.15, -0.1) is 0 Å². The lowest BCUT2D eigenvalue weighted by atomic mass is 10.2. The fraction of sp³-hybridized carbons (Fsp3) is 0.333.